The zero-order chi connectivity index (χ0) is 12.1. The summed E-state index contributed by atoms with van der Waals surface area (Å²) in [5.41, 5.74) is 4.99. The number of halogens is 1. The van der Waals surface area contributed by atoms with Gasteiger partial charge in [-0.3, -0.25) is 11.3 Å². The van der Waals surface area contributed by atoms with Gasteiger partial charge in [-0.2, -0.15) is 0 Å². The summed E-state index contributed by atoms with van der Waals surface area (Å²) in [6.45, 7) is 5.88. The minimum absolute atomic E-state index is 0.0831. The lowest BCUT2D eigenvalue weighted by Gasteiger charge is -2.17. The molecule has 0 saturated carbocycles. The summed E-state index contributed by atoms with van der Waals surface area (Å²) in [5, 5.41) is 0. The minimum atomic E-state index is 0.0831. The highest BCUT2D eigenvalue weighted by Crippen LogP contribution is 2.29. The van der Waals surface area contributed by atoms with E-state index in [2.05, 4.69) is 27.9 Å². The van der Waals surface area contributed by atoms with Crippen molar-refractivity contribution in [1.82, 2.24) is 5.43 Å². The zero-order valence-corrected chi connectivity index (χ0v) is 11.2. The summed E-state index contributed by atoms with van der Waals surface area (Å²) in [4.78, 5) is 0. The third kappa shape index (κ3) is 3.33. The van der Waals surface area contributed by atoms with Crippen LogP contribution in [0.4, 0.5) is 0 Å². The Kier molecular flexibility index (Phi) is 4.99. The summed E-state index contributed by atoms with van der Waals surface area (Å²) >= 11 is 3.45. The minimum Gasteiger partial charge on any atom is -0.496 e. The Morgan fingerprint density at radius 3 is 2.75 bits per heavy atom. The highest BCUT2D eigenvalue weighted by Gasteiger charge is 2.11. The van der Waals surface area contributed by atoms with Crippen LogP contribution in [-0.2, 0) is 0 Å². The maximum absolute atomic E-state index is 5.54. The Morgan fingerprint density at radius 2 is 2.31 bits per heavy atom. The Labute approximate surface area is 105 Å². The van der Waals surface area contributed by atoms with E-state index in [0.717, 1.165) is 27.8 Å². The van der Waals surface area contributed by atoms with Crippen LogP contribution in [0.2, 0.25) is 0 Å². The number of hydrogen-bond acceptors (Lipinski definition) is 3. The Bertz CT molecular complexity index is 379. The highest BCUT2D eigenvalue weighted by atomic mass is 79.9. The van der Waals surface area contributed by atoms with Crippen molar-refractivity contribution < 1.29 is 4.74 Å². The fourth-order valence-electron chi connectivity index (χ4n) is 1.52. The van der Waals surface area contributed by atoms with Crippen molar-refractivity contribution in [1.29, 1.82) is 0 Å². The average Bonchev–Trinajstić information content (AvgIpc) is 2.25. The first-order valence-corrected chi connectivity index (χ1v) is 5.81. The van der Waals surface area contributed by atoms with Gasteiger partial charge in [0, 0.05) is 6.04 Å². The molecule has 0 spiro atoms. The molecule has 1 atom stereocenters. The van der Waals surface area contributed by atoms with E-state index in [4.69, 9.17) is 10.6 Å². The second-order valence-electron chi connectivity index (χ2n) is 3.77. The fraction of sp³-hybridized carbons (Fsp3) is 0.333. The first-order valence-electron chi connectivity index (χ1n) is 5.02. The molecule has 1 aromatic carbocycles. The van der Waals surface area contributed by atoms with Gasteiger partial charge in [-0.15, -0.1) is 6.58 Å². The lowest BCUT2D eigenvalue weighted by molar-refractivity contribution is 0.411. The number of methoxy groups -OCH3 is 1. The van der Waals surface area contributed by atoms with Crippen LogP contribution in [0.15, 0.2) is 34.8 Å². The molecule has 3 N–H and O–H groups in total. The standard InChI is InChI=1S/C12H17BrN2O/c1-8(2)6-11(15-14)9-4-5-12(16-3)10(13)7-9/h4-5,7,11,15H,1,6,14H2,2-3H3. The van der Waals surface area contributed by atoms with E-state index < -0.39 is 0 Å². The molecule has 4 heteroatoms. The molecule has 1 aromatic rings. The quantitative estimate of drug-likeness (QED) is 0.497. The molecule has 0 aromatic heterocycles. The molecule has 0 aliphatic carbocycles. The Hall–Kier alpha value is -0.840. The van der Waals surface area contributed by atoms with Gasteiger partial charge in [-0.25, -0.2) is 0 Å². The van der Waals surface area contributed by atoms with E-state index in [1.54, 1.807) is 7.11 Å². The topological polar surface area (TPSA) is 47.3 Å². The SMILES string of the molecule is C=C(C)CC(NN)c1ccc(OC)c(Br)c1. The lowest BCUT2D eigenvalue weighted by Crippen LogP contribution is -2.28. The van der Waals surface area contributed by atoms with Gasteiger partial charge in [-0.1, -0.05) is 11.6 Å². The molecule has 0 saturated heterocycles. The molecular weight excluding hydrogens is 268 g/mol. The maximum Gasteiger partial charge on any atom is 0.133 e. The van der Waals surface area contributed by atoms with E-state index in [1.807, 2.05) is 25.1 Å². The van der Waals surface area contributed by atoms with Gasteiger partial charge in [0.1, 0.15) is 5.75 Å². The van der Waals surface area contributed by atoms with Crippen LogP contribution in [0.5, 0.6) is 5.75 Å². The normalized spacial score (nSPS) is 12.2. The molecule has 16 heavy (non-hydrogen) atoms. The fourth-order valence-corrected chi connectivity index (χ4v) is 2.08. The molecular formula is C12H17BrN2O. The molecule has 3 nitrogen and oxygen atoms in total. The van der Waals surface area contributed by atoms with Crippen LogP contribution < -0.4 is 16.0 Å². The van der Waals surface area contributed by atoms with E-state index in [1.165, 1.54) is 0 Å². The van der Waals surface area contributed by atoms with Crippen molar-refractivity contribution in [2.75, 3.05) is 7.11 Å². The Balaban J connectivity index is 2.93. The van der Waals surface area contributed by atoms with Crippen LogP contribution in [0.25, 0.3) is 0 Å². The molecule has 1 rings (SSSR count). The highest BCUT2D eigenvalue weighted by molar-refractivity contribution is 9.10. The molecule has 0 aliphatic heterocycles. The van der Waals surface area contributed by atoms with Crippen molar-refractivity contribution in [2.24, 2.45) is 5.84 Å². The second kappa shape index (κ2) is 6.03. The van der Waals surface area contributed by atoms with Gasteiger partial charge in [0.05, 0.1) is 11.6 Å². The monoisotopic (exact) mass is 284 g/mol. The van der Waals surface area contributed by atoms with Crippen molar-refractivity contribution in [3.8, 4) is 5.75 Å². The van der Waals surface area contributed by atoms with Crippen molar-refractivity contribution in [2.45, 2.75) is 19.4 Å². The van der Waals surface area contributed by atoms with Crippen molar-refractivity contribution in [3.05, 3.63) is 40.4 Å². The van der Waals surface area contributed by atoms with Gasteiger partial charge in [0.15, 0.2) is 0 Å². The van der Waals surface area contributed by atoms with Crippen molar-refractivity contribution in [3.63, 3.8) is 0 Å². The van der Waals surface area contributed by atoms with E-state index in [0.29, 0.717) is 0 Å². The number of nitrogens with one attached hydrogen (secondary N) is 1. The zero-order valence-electron chi connectivity index (χ0n) is 9.59. The summed E-state index contributed by atoms with van der Waals surface area (Å²) in [6.07, 6.45) is 0.815. The largest absolute Gasteiger partial charge is 0.496 e. The Morgan fingerprint density at radius 1 is 1.62 bits per heavy atom. The molecule has 88 valence electrons. The van der Waals surface area contributed by atoms with E-state index in [-0.39, 0.29) is 6.04 Å². The van der Waals surface area contributed by atoms with Crippen LogP contribution in [0, 0.1) is 0 Å². The third-order valence-electron chi connectivity index (χ3n) is 2.33. The smallest absolute Gasteiger partial charge is 0.133 e. The van der Waals surface area contributed by atoms with Gasteiger partial charge < -0.3 is 4.74 Å². The van der Waals surface area contributed by atoms with Crippen LogP contribution in [-0.4, -0.2) is 7.11 Å². The number of hydrogen-bond donors (Lipinski definition) is 2. The molecule has 1 unspecified atom stereocenters. The molecule has 0 radical (unpaired) electrons. The number of benzene rings is 1. The van der Waals surface area contributed by atoms with Gasteiger partial charge in [-0.05, 0) is 47.0 Å². The predicted octanol–water partition coefficient (Wildman–Crippen LogP) is 2.93. The van der Waals surface area contributed by atoms with E-state index >= 15 is 0 Å². The third-order valence-corrected chi connectivity index (χ3v) is 2.95. The van der Waals surface area contributed by atoms with Gasteiger partial charge in [0.25, 0.3) is 0 Å². The maximum atomic E-state index is 5.54. The van der Waals surface area contributed by atoms with Gasteiger partial charge >= 0.3 is 0 Å². The molecule has 0 fully saturated rings. The number of ether oxygens (including phenoxy) is 1. The summed E-state index contributed by atoms with van der Waals surface area (Å²) in [5.74, 6) is 6.35. The number of hydrazine groups is 1. The van der Waals surface area contributed by atoms with Crippen molar-refractivity contribution >= 4 is 15.9 Å². The summed E-state index contributed by atoms with van der Waals surface area (Å²) in [6, 6.07) is 6.01. The van der Waals surface area contributed by atoms with Crippen LogP contribution in [0.3, 0.4) is 0 Å². The number of rotatable bonds is 5. The first-order chi connectivity index (χ1) is 7.58. The first kappa shape index (κ1) is 13.2. The number of nitrogens with two attached hydrogens (primary N) is 1. The molecule has 0 aliphatic rings. The summed E-state index contributed by atoms with van der Waals surface area (Å²) in [7, 11) is 1.65. The van der Waals surface area contributed by atoms with Crippen LogP contribution in [0.1, 0.15) is 24.9 Å². The molecule has 0 heterocycles. The lowest BCUT2D eigenvalue weighted by atomic mass is 10.0. The summed E-state index contributed by atoms with van der Waals surface area (Å²) < 4.78 is 6.10. The van der Waals surface area contributed by atoms with E-state index in [9.17, 15) is 0 Å². The average molecular weight is 285 g/mol. The van der Waals surface area contributed by atoms with Crippen LogP contribution >= 0.6 is 15.9 Å². The molecule has 0 bridgehead atoms. The predicted molar refractivity (Wildman–Crippen MR) is 70.2 cm³/mol. The molecule has 0 amide bonds. The van der Waals surface area contributed by atoms with Gasteiger partial charge in [0.2, 0.25) is 0 Å². The second-order valence-corrected chi connectivity index (χ2v) is 4.63.